The van der Waals surface area contributed by atoms with Crippen LogP contribution in [0.3, 0.4) is 0 Å². The average Bonchev–Trinajstić information content (AvgIpc) is 3.72. The SMILES string of the molecule is C=CC1=C(C)C2=NC1=CC1=NC(=CC3=C(C)C4=C(O)C(C(=O)OC)C(=C5NC(=C2)[C@@H](C)[C@@H]5CCC(=O)[O-])C4=N3)C(CC)=C1C.[Na+]. The fraction of sp³-hybridized carbons (Fsp3) is 0.343. The van der Waals surface area contributed by atoms with Crippen LogP contribution in [0.25, 0.3) is 0 Å². The van der Waals surface area contributed by atoms with Crippen LogP contribution in [0.2, 0.25) is 0 Å². The Kier molecular flexibility index (Phi) is 8.83. The molecule has 45 heavy (non-hydrogen) atoms. The molecule has 8 bridgehead atoms. The van der Waals surface area contributed by atoms with Gasteiger partial charge >= 0.3 is 35.5 Å². The van der Waals surface area contributed by atoms with Crippen molar-refractivity contribution in [2.45, 2.75) is 53.9 Å². The predicted molar refractivity (Wildman–Crippen MR) is 167 cm³/mol. The van der Waals surface area contributed by atoms with Gasteiger partial charge in [-0.05, 0) is 80.6 Å². The second-order valence-corrected chi connectivity index (χ2v) is 11.8. The molecule has 1 unspecified atom stereocenters. The number of nitrogens with zero attached hydrogens (tertiary/aromatic N) is 3. The van der Waals surface area contributed by atoms with Crippen molar-refractivity contribution in [1.82, 2.24) is 5.32 Å². The van der Waals surface area contributed by atoms with Gasteiger partial charge in [-0.25, -0.2) is 15.0 Å². The first-order valence-electron chi connectivity index (χ1n) is 14.9. The molecule has 0 spiro atoms. The van der Waals surface area contributed by atoms with E-state index in [9.17, 15) is 19.8 Å². The number of aliphatic imine (C=N–C) groups is 3. The van der Waals surface area contributed by atoms with Gasteiger partial charge in [-0.1, -0.05) is 26.5 Å². The van der Waals surface area contributed by atoms with Crippen LogP contribution in [0.5, 0.6) is 0 Å². The summed E-state index contributed by atoms with van der Waals surface area (Å²) >= 11 is 0. The van der Waals surface area contributed by atoms with E-state index in [1.165, 1.54) is 7.11 Å². The van der Waals surface area contributed by atoms with Crippen molar-refractivity contribution in [1.29, 1.82) is 0 Å². The minimum absolute atomic E-state index is 0. The molecule has 1 aliphatic carbocycles. The molecule has 1 fully saturated rings. The van der Waals surface area contributed by atoms with Crippen molar-refractivity contribution in [3.8, 4) is 0 Å². The molecule has 5 aliphatic heterocycles. The Balaban J connectivity index is 0.00000400. The number of carboxylic acid groups (broad SMARTS) is 1. The van der Waals surface area contributed by atoms with Crippen LogP contribution in [0.15, 0.2) is 119 Å². The topological polar surface area (TPSA) is 136 Å². The quantitative estimate of drug-likeness (QED) is 0.346. The van der Waals surface area contributed by atoms with E-state index in [2.05, 4.69) is 25.7 Å². The molecular formula is C35H35N4NaO5. The first-order valence-corrected chi connectivity index (χ1v) is 14.9. The Labute approximate surface area is 285 Å². The number of ether oxygens (including phenoxy) is 1. The fourth-order valence-corrected chi connectivity index (χ4v) is 7.05. The van der Waals surface area contributed by atoms with Crippen LogP contribution >= 0.6 is 0 Å². The van der Waals surface area contributed by atoms with Crippen molar-refractivity contribution in [3.63, 3.8) is 0 Å². The molecule has 1 saturated heterocycles. The summed E-state index contributed by atoms with van der Waals surface area (Å²) in [6, 6.07) is 0. The van der Waals surface area contributed by atoms with E-state index in [1.54, 1.807) is 6.08 Å². The Hall–Kier alpha value is -3.79. The predicted octanol–water partition coefficient (Wildman–Crippen LogP) is 1.78. The van der Waals surface area contributed by atoms with Gasteiger partial charge in [0, 0.05) is 45.9 Å². The molecule has 6 rings (SSSR count). The maximum Gasteiger partial charge on any atom is 1.00 e. The number of hydrogen-bond donors (Lipinski definition) is 2. The summed E-state index contributed by atoms with van der Waals surface area (Å²) in [6.07, 6.45) is 8.55. The number of aliphatic carboxylic acids is 1. The average molecular weight is 615 g/mol. The molecule has 6 aliphatic rings. The van der Waals surface area contributed by atoms with Crippen LogP contribution in [0, 0.1) is 17.8 Å². The van der Waals surface area contributed by atoms with Crippen molar-refractivity contribution in [3.05, 3.63) is 104 Å². The van der Waals surface area contributed by atoms with Gasteiger partial charge in [0.25, 0.3) is 0 Å². The van der Waals surface area contributed by atoms with E-state index in [-0.39, 0.29) is 60.0 Å². The number of carbonyl (C=O) groups is 2. The standard InChI is InChI=1S/C35H36N4O5.Na/c1-8-19-15(3)22-12-24-17(5)21(10-11-28(40)41)32(38-24)30-31(35(43)44-7)34(42)29-18(6)25(39-33(29)30)14-27-20(9-2)16(4)23(37-27)13-26(19)36-22;/h8,12-14,17,21,31,38,42H,1,9-11H2,2-7H3,(H,40,41);/q;+1/p-1/t17-,21-,31?;/m0./s1. The number of hydrogen-bond acceptors (Lipinski definition) is 9. The zero-order valence-electron chi connectivity index (χ0n) is 26.8. The Bertz CT molecular complexity index is 1820. The Morgan fingerprint density at radius 2 is 1.76 bits per heavy atom. The molecule has 0 aromatic rings. The van der Waals surface area contributed by atoms with Crippen LogP contribution in [0.4, 0.5) is 0 Å². The van der Waals surface area contributed by atoms with E-state index in [4.69, 9.17) is 19.7 Å². The maximum absolute atomic E-state index is 13.2. The number of carboxylic acids is 1. The summed E-state index contributed by atoms with van der Waals surface area (Å²) in [5.74, 6) is -3.50. The minimum Gasteiger partial charge on any atom is -0.550 e. The van der Waals surface area contributed by atoms with Gasteiger partial charge in [0.1, 0.15) is 11.7 Å². The smallest absolute Gasteiger partial charge is 0.550 e. The molecule has 3 atom stereocenters. The monoisotopic (exact) mass is 614 g/mol. The summed E-state index contributed by atoms with van der Waals surface area (Å²) < 4.78 is 5.16. The summed E-state index contributed by atoms with van der Waals surface area (Å²) in [6.45, 7) is 14.1. The molecule has 9 nitrogen and oxygen atoms in total. The number of carbonyl (C=O) groups excluding carboxylic acids is 2. The van der Waals surface area contributed by atoms with Crippen LogP contribution < -0.4 is 40.0 Å². The maximum atomic E-state index is 13.2. The zero-order valence-corrected chi connectivity index (χ0v) is 28.8. The normalized spacial score (nSPS) is 25.1. The van der Waals surface area contributed by atoms with Crippen molar-refractivity contribution < 1.29 is 54.1 Å². The van der Waals surface area contributed by atoms with Crippen molar-refractivity contribution in [2.75, 3.05) is 7.11 Å². The molecule has 2 N–H and O–H groups in total. The van der Waals surface area contributed by atoms with Gasteiger partial charge in [0.05, 0.1) is 41.3 Å². The van der Waals surface area contributed by atoms with E-state index >= 15 is 0 Å². The number of esters is 1. The molecule has 0 saturated carbocycles. The number of aliphatic hydroxyl groups excluding tert-OH is 1. The third-order valence-electron chi connectivity index (χ3n) is 9.52. The van der Waals surface area contributed by atoms with Crippen molar-refractivity contribution >= 4 is 29.1 Å². The molecule has 0 amide bonds. The minimum atomic E-state index is -1.16. The number of rotatable bonds is 6. The van der Waals surface area contributed by atoms with Gasteiger partial charge in [-0.15, -0.1) is 0 Å². The third-order valence-corrected chi connectivity index (χ3v) is 9.52. The molecule has 0 radical (unpaired) electrons. The van der Waals surface area contributed by atoms with Crippen LogP contribution in [-0.4, -0.2) is 41.3 Å². The molecule has 226 valence electrons. The number of fused-ring (bicyclic) bond motifs is 5. The van der Waals surface area contributed by atoms with Gasteiger partial charge in [-0.3, -0.25) is 4.79 Å². The van der Waals surface area contributed by atoms with Gasteiger partial charge in [0.15, 0.2) is 0 Å². The fourth-order valence-electron chi connectivity index (χ4n) is 7.05. The number of allylic oxidation sites excluding steroid dienone is 11. The van der Waals surface area contributed by atoms with E-state index < -0.39 is 17.9 Å². The molecular weight excluding hydrogens is 579 g/mol. The second-order valence-electron chi connectivity index (χ2n) is 11.8. The van der Waals surface area contributed by atoms with E-state index in [0.29, 0.717) is 28.3 Å². The Morgan fingerprint density at radius 1 is 1.07 bits per heavy atom. The van der Waals surface area contributed by atoms with Gasteiger partial charge in [0.2, 0.25) is 0 Å². The second kappa shape index (κ2) is 12.2. The molecule has 0 aromatic carbocycles. The molecule has 5 heterocycles. The molecule has 10 heteroatoms. The third kappa shape index (κ3) is 5.11. The van der Waals surface area contributed by atoms with Crippen LogP contribution in [-0.2, 0) is 14.3 Å². The van der Waals surface area contributed by atoms with E-state index in [1.807, 2.05) is 39.0 Å². The summed E-state index contributed by atoms with van der Waals surface area (Å²) in [5.41, 5.74) is 11.4. The number of nitrogens with one attached hydrogen (secondary N) is 1. The van der Waals surface area contributed by atoms with Gasteiger partial charge < -0.3 is 25.1 Å². The van der Waals surface area contributed by atoms with Crippen LogP contribution in [0.1, 0.15) is 53.9 Å². The summed E-state index contributed by atoms with van der Waals surface area (Å²) in [7, 11) is 1.28. The van der Waals surface area contributed by atoms with Gasteiger partial charge in [-0.2, -0.15) is 0 Å². The zero-order chi connectivity index (χ0) is 31.6. The van der Waals surface area contributed by atoms with E-state index in [0.717, 1.165) is 62.8 Å². The largest absolute Gasteiger partial charge is 1.00 e. The molecule has 0 aromatic heterocycles. The first kappa shape index (κ1) is 32.6. The number of methoxy groups -OCH3 is 1. The Morgan fingerprint density at radius 3 is 2.40 bits per heavy atom. The van der Waals surface area contributed by atoms with Crippen molar-refractivity contribution in [2.24, 2.45) is 32.7 Å². The summed E-state index contributed by atoms with van der Waals surface area (Å²) in [4.78, 5) is 39.8. The first-order chi connectivity index (χ1) is 21.0. The number of aliphatic hydroxyl groups is 1. The summed E-state index contributed by atoms with van der Waals surface area (Å²) in [5, 5.41) is 26.7.